The second kappa shape index (κ2) is 6.87. The van der Waals surface area contributed by atoms with E-state index < -0.39 is 5.54 Å². The van der Waals surface area contributed by atoms with Gasteiger partial charge in [-0.25, -0.2) is 0 Å². The minimum absolute atomic E-state index is 0.000971. The summed E-state index contributed by atoms with van der Waals surface area (Å²) in [5, 5.41) is 3.31. The topological polar surface area (TPSA) is 67.6 Å². The third kappa shape index (κ3) is 4.17. The highest BCUT2D eigenvalue weighted by molar-refractivity contribution is 5.84. The van der Waals surface area contributed by atoms with Gasteiger partial charge < -0.3 is 15.8 Å². The summed E-state index contributed by atoms with van der Waals surface area (Å²) in [5.41, 5.74) is 4.96. The van der Waals surface area contributed by atoms with Crippen LogP contribution in [-0.2, 0) is 9.53 Å². The van der Waals surface area contributed by atoms with Gasteiger partial charge in [-0.1, -0.05) is 6.92 Å². The Kier molecular flexibility index (Phi) is 5.98. The largest absolute Gasteiger partial charge is 0.378 e. The number of ether oxygens (including phenoxy) is 1. The molecule has 1 saturated heterocycles. The summed E-state index contributed by atoms with van der Waals surface area (Å²) in [7, 11) is 0. The molecule has 0 aromatic rings. The molecule has 0 aromatic heterocycles. The van der Waals surface area contributed by atoms with Crippen molar-refractivity contribution in [1.29, 1.82) is 0 Å². The standard InChI is InChI=1S/C15H31N3O2/c1-6-7-17-15(5,13(16)19)10-12(2)18-8-9-20-11-14(18,3)4/h12,17H,6-11H2,1-5H3,(H2,16,19). The lowest BCUT2D eigenvalue weighted by atomic mass is 9.89. The maximum Gasteiger partial charge on any atom is 0.237 e. The van der Waals surface area contributed by atoms with Crippen LogP contribution < -0.4 is 11.1 Å². The van der Waals surface area contributed by atoms with Crippen LogP contribution in [0.2, 0.25) is 0 Å². The zero-order chi connectivity index (χ0) is 15.4. The third-order valence-corrected chi connectivity index (χ3v) is 4.25. The van der Waals surface area contributed by atoms with Gasteiger partial charge in [0.05, 0.1) is 18.8 Å². The van der Waals surface area contributed by atoms with Crippen LogP contribution in [0.15, 0.2) is 0 Å². The molecule has 0 aromatic carbocycles. The highest BCUT2D eigenvalue weighted by atomic mass is 16.5. The van der Waals surface area contributed by atoms with E-state index in [1.54, 1.807) is 0 Å². The molecule has 1 fully saturated rings. The highest BCUT2D eigenvalue weighted by Crippen LogP contribution is 2.26. The van der Waals surface area contributed by atoms with Gasteiger partial charge in [-0.05, 0) is 47.1 Å². The molecule has 0 aliphatic carbocycles. The van der Waals surface area contributed by atoms with E-state index >= 15 is 0 Å². The van der Waals surface area contributed by atoms with E-state index in [9.17, 15) is 4.79 Å². The second-order valence-corrected chi connectivity index (χ2v) is 6.73. The van der Waals surface area contributed by atoms with Crippen molar-refractivity contribution in [3.8, 4) is 0 Å². The van der Waals surface area contributed by atoms with Gasteiger partial charge in [0.25, 0.3) is 0 Å². The molecule has 5 nitrogen and oxygen atoms in total. The smallest absolute Gasteiger partial charge is 0.237 e. The zero-order valence-corrected chi connectivity index (χ0v) is 13.7. The fourth-order valence-electron chi connectivity index (χ4n) is 3.05. The van der Waals surface area contributed by atoms with Crippen LogP contribution >= 0.6 is 0 Å². The molecule has 0 radical (unpaired) electrons. The summed E-state index contributed by atoms with van der Waals surface area (Å²) in [4.78, 5) is 14.2. The fraction of sp³-hybridized carbons (Fsp3) is 0.933. The molecule has 3 N–H and O–H groups in total. The molecule has 1 heterocycles. The number of primary amides is 1. The first-order valence-corrected chi connectivity index (χ1v) is 7.62. The number of amides is 1. The van der Waals surface area contributed by atoms with E-state index in [1.165, 1.54) is 0 Å². The molecule has 1 aliphatic rings. The quantitative estimate of drug-likeness (QED) is 0.735. The Balaban J connectivity index is 2.74. The van der Waals surface area contributed by atoms with Crippen molar-refractivity contribution in [1.82, 2.24) is 10.2 Å². The average molecular weight is 285 g/mol. The minimum atomic E-state index is -0.649. The first kappa shape index (κ1) is 17.4. The van der Waals surface area contributed by atoms with Crippen LogP contribution in [0.5, 0.6) is 0 Å². The SMILES string of the molecule is CCCNC(C)(CC(C)N1CCOCC1(C)C)C(N)=O. The number of carbonyl (C=O) groups excluding carboxylic acids is 1. The van der Waals surface area contributed by atoms with Gasteiger partial charge in [-0.2, -0.15) is 0 Å². The Morgan fingerprint density at radius 3 is 2.70 bits per heavy atom. The van der Waals surface area contributed by atoms with Crippen molar-refractivity contribution in [2.24, 2.45) is 5.73 Å². The molecule has 1 amide bonds. The van der Waals surface area contributed by atoms with Crippen molar-refractivity contribution in [2.75, 3.05) is 26.3 Å². The number of carbonyl (C=O) groups is 1. The molecule has 0 bridgehead atoms. The summed E-state index contributed by atoms with van der Waals surface area (Å²) in [5.74, 6) is -0.274. The molecule has 0 saturated carbocycles. The van der Waals surface area contributed by atoms with Crippen LogP contribution in [-0.4, -0.2) is 54.2 Å². The molecule has 20 heavy (non-hydrogen) atoms. The number of hydrogen-bond acceptors (Lipinski definition) is 4. The van der Waals surface area contributed by atoms with Crippen LogP contribution in [0.3, 0.4) is 0 Å². The van der Waals surface area contributed by atoms with E-state index in [0.29, 0.717) is 6.42 Å². The van der Waals surface area contributed by atoms with Gasteiger partial charge in [0.15, 0.2) is 0 Å². The monoisotopic (exact) mass is 285 g/mol. The van der Waals surface area contributed by atoms with Gasteiger partial charge in [-0.15, -0.1) is 0 Å². The molecule has 0 spiro atoms. The summed E-state index contributed by atoms with van der Waals surface area (Å²) >= 11 is 0. The number of hydrogen-bond donors (Lipinski definition) is 2. The van der Waals surface area contributed by atoms with Crippen molar-refractivity contribution >= 4 is 5.91 Å². The first-order valence-electron chi connectivity index (χ1n) is 7.62. The second-order valence-electron chi connectivity index (χ2n) is 6.73. The third-order valence-electron chi connectivity index (χ3n) is 4.25. The predicted molar refractivity (Wildman–Crippen MR) is 81.6 cm³/mol. The summed E-state index contributed by atoms with van der Waals surface area (Å²) in [6.45, 7) is 13.7. The minimum Gasteiger partial charge on any atom is -0.378 e. The average Bonchev–Trinajstić information content (AvgIpc) is 2.35. The van der Waals surface area contributed by atoms with E-state index in [4.69, 9.17) is 10.5 Å². The van der Waals surface area contributed by atoms with Crippen LogP contribution in [0.4, 0.5) is 0 Å². The molecule has 1 aliphatic heterocycles. The van der Waals surface area contributed by atoms with Gasteiger partial charge in [0.1, 0.15) is 0 Å². The summed E-state index contributed by atoms with van der Waals surface area (Å²) in [6.07, 6.45) is 1.70. The Labute approximate surface area is 123 Å². The lowest BCUT2D eigenvalue weighted by Crippen LogP contribution is -2.61. The fourth-order valence-corrected chi connectivity index (χ4v) is 3.05. The van der Waals surface area contributed by atoms with E-state index in [-0.39, 0.29) is 17.5 Å². The number of nitrogens with one attached hydrogen (secondary N) is 1. The Morgan fingerprint density at radius 1 is 1.55 bits per heavy atom. The Bertz CT molecular complexity index is 333. The Hall–Kier alpha value is -0.650. The molecule has 2 atom stereocenters. The maximum absolute atomic E-state index is 11.8. The maximum atomic E-state index is 11.8. The molecule has 118 valence electrons. The van der Waals surface area contributed by atoms with Crippen LogP contribution in [0.1, 0.15) is 47.5 Å². The van der Waals surface area contributed by atoms with E-state index in [2.05, 4.69) is 37.9 Å². The lowest BCUT2D eigenvalue weighted by Gasteiger charge is -2.47. The predicted octanol–water partition coefficient (Wildman–Crippen LogP) is 1.12. The van der Waals surface area contributed by atoms with Crippen molar-refractivity contribution < 1.29 is 9.53 Å². The van der Waals surface area contributed by atoms with Crippen LogP contribution in [0, 0.1) is 0 Å². The van der Waals surface area contributed by atoms with Gasteiger partial charge in [-0.3, -0.25) is 9.69 Å². The lowest BCUT2D eigenvalue weighted by molar-refractivity contribution is -0.126. The van der Waals surface area contributed by atoms with Gasteiger partial charge in [0.2, 0.25) is 5.91 Å². The van der Waals surface area contributed by atoms with Crippen molar-refractivity contribution in [3.05, 3.63) is 0 Å². The van der Waals surface area contributed by atoms with Crippen molar-refractivity contribution in [3.63, 3.8) is 0 Å². The molecule has 2 unspecified atom stereocenters. The zero-order valence-electron chi connectivity index (χ0n) is 13.7. The normalized spacial score (nSPS) is 24.1. The van der Waals surface area contributed by atoms with Crippen molar-refractivity contribution in [2.45, 2.75) is 64.6 Å². The number of rotatable bonds is 7. The molecule has 1 rings (SSSR count). The molecule has 5 heteroatoms. The van der Waals surface area contributed by atoms with Gasteiger partial charge >= 0.3 is 0 Å². The Morgan fingerprint density at radius 2 is 2.20 bits per heavy atom. The first-order chi connectivity index (χ1) is 9.23. The highest BCUT2D eigenvalue weighted by Gasteiger charge is 2.39. The summed E-state index contributed by atoms with van der Waals surface area (Å²) in [6, 6.07) is 0.274. The summed E-state index contributed by atoms with van der Waals surface area (Å²) < 4.78 is 5.56. The molecular weight excluding hydrogens is 254 g/mol. The van der Waals surface area contributed by atoms with Crippen LogP contribution in [0.25, 0.3) is 0 Å². The number of nitrogens with two attached hydrogens (primary N) is 1. The number of morpholine rings is 1. The van der Waals surface area contributed by atoms with Gasteiger partial charge in [0, 0.05) is 18.1 Å². The van der Waals surface area contributed by atoms with E-state index in [0.717, 1.165) is 32.7 Å². The number of nitrogens with zero attached hydrogens (tertiary/aromatic N) is 1. The van der Waals surface area contributed by atoms with E-state index in [1.807, 2.05) is 6.92 Å². The molecular formula is C15H31N3O2.